The lowest BCUT2D eigenvalue weighted by Crippen LogP contribution is -2.57. The van der Waals surface area contributed by atoms with Crippen LogP contribution in [0.3, 0.4) is 0 Å². The van der Waals surface area contributed by atoms with Gasteiger partial charge in [0.2, 0.25) is 5.91 Å². The molecule has 196 valence electrons. The number of carbonyl (C=O) groups is 1. The molecule has 1 saturated heterocycles. The number of fused-ring (bicyclic) bond motifs is 2. The number of hydrogen-bond donors (Lipinski definition) is 4. The van der Waals surface area contributed by atoms with Crippen LogP contribution >= 0.6 is 11.3 Å². The Hall–Kier alpha value is -2.16. The smallest absolute Gasteiger partial charge is 0.223 e. The number of rotatable bonds is 5. The number of phenolic OH excluding ortho intramolecular Hbond substituents is 1. The molecular formula is C28H39N3O4S. The zero-order valence-electron chi connectivity index (χ0n) is 21.5. The van der Waals surface area contributed by atoms with Crippen LogP contribution in [-0.4, -0.2) is 56.9 Å². The van der Waals surface area contributed by atoms with Gasteiger partial charge in [0.05, 0.1) is 18.4 Å². The maximum atomic E-state index is 13.6. The molecule has 5 unspecified atom stereocenters. The van der Waals surface area contributed by atoms with Gasteiger partial charge >= 0.3 is 0 Å². The van der Waals surface area contributed by atoms with Gasteiger partial charge in [-0.3, -0.25) is 4.79 Å². The Balaban J connectivity index is 1.50. The number of aromatic nitrogens is 1. The number of amides is 1. The van der Waals surface area contributed by atoms with Crippen LogP contribution in [0.2, 0.25) is 0 Å². The molecule has 0 spiro atoms. The number of phenols is 1. The fraction of sp³-hybridized carbons (Fsp3) is 0.643. The van der Waals surface area contributed by atoms with Crippen LogP contribution < -0.4 is 5.32 Å². The first-order chi connectivity index (χ1) is 17.1. The molecule has 3 aliphatic rings. The fourth-order valence-corrected chi connectivity index (χ4v) is 8.06. The highest BCUT2D eigenvalue weighted by Gasteiger charge is 2.59. The van der Waals surface area contributed by atoms with Crippen molar-refractivity contribution < 1.29 is 20.1 Å². The highest BCUT2D eigenvalue weighted by Crippen LogP contribution is 2.63. The molecule has 1 amide bonds. The second-order valence-electron chi connectivity index (χ2n) is 11.8. The summed E-state index contributed by atoms with van der Waals surface area (Å²) < 4.78 is 0. The molecule has 5 rings (SSSR count). The van der Waals surface area contributed by atoms with Crippen molar-refractivity contribution in [1.29, 1.82) is 0 Å². The monoisotopic (exact) mass is 513 g/mol. The first kappa shape index (κ1) is 25.5. The van der Waals surface area contributed by atoms with E-state index in [0.717, 1.165) is 60.2 Å². The number of likely N-dealkylation sites (tertiary alicyclic amines) is 1. The predicted octanol–water partition coefficient (Wildman–Crippen LogP) is 4.66. The largest absolute Gasteiger partial charge is 0.508 e. The average Bonchev–Trinajstić information content (AvgIpc) is 3.25. The van der Waals surface area contributed by atoms with Crippen LogP contribution in [0.4, 0.5) is 10.8 Å². The molecule has 2 fully saturated rings. The minimum atomic E-state index is -0.630. The summed E-state index contributed by atoms with van der Waals surface area (Å²) >= 11 is 1.58. The molecule has 1 saturated carbocycles. The highest BCUT2D eigenvalue weighted by atomic mass is 32.1. The van der Waals surface area contributed by atoms with Gasteiger partial charge in [-0.05, 0) is 61.5 Å². The zero-order valence-corrected chi connectivity index (χ0v) is 22.4. The predicted molar refractivity (Wildman–Crippen MR) is 142 cm³/mol. The second kappa shape index (κ2) is 9.62. The van der Waals surface area contributed by atoms with Crippen LogP contribution in [-0.2, 0) is 11.2 Å². The molecule has 2 heterocycles. The van der Waals surface area contributed by atoms with Gasteiger partial charge in [-0.1, -0.05) is 26.8 Å². The molecule has 1 aromatic carbocycles. The topological polar surface area (TPSA) is 106 Å². The van der Waals surface area contributed by atoms with Crippen molar-refractivity contribution in [1.82, 2.24) is 9.88 Å². The van der Waals surface area contributed by atoms with E-state index in [1.807, 2.05) is 17.9 Å². The van der Waals surface area contributed by atoms with Crippen LogP contribution in [0.5, 0.6) is 5.75 Å². The third-order valence-electron chi connectivity index (χ3n) is 9.51. The van der Waals surface area contributed by atoms with Gasteiger partial charge in [0, 0.05) is 47.5 Å². The summed E-state index contributed by atoms with van der Waals surface area (Å²) in [6.45, 7) is 8.05. The number of benzene rings is 1. The molecular weight excluding hydrogens is 474 g/mol. The number of aromatic hydroxyl groups is 1. The van der Waals surface area contributed by atoms with Crippen molar-refractivity contribution in [2.75, 3.05) is 25.0 Å². The number of nitrogens with zero attached hydrogens (tertiary/aromatic N) is 2. The van der Waals surface area contributed by atoms with Gasteiger partial charge < -0.3 is 25.5 Å². The summed E-state index contributed by atoms with van der Waals surface area (Å²) in [7, 11) is 0. The Labute approximate surface area is 217 Å². The molecule has 2 aromatic rings. The van der Waals surface area contributed by atoms with E-state index in [1.54, 1.807) is 29.5 Å². The third kappa shape index (κ3) is 4.41. The van der Waals surface area contributed by atoms with Gasteiger partial charge in [-0.2, -0.15) is 0 Å². The summed E-state index contributed by atoms with van der Waals surface area (Å²) in [4.78, 5) is 21.8. The van der Waals surface area contributed by atoms with E-state index >= 15 is 0 Å². The summed E-state index contributed by atoms with van der Waals surface area (Å²) in [5, 5.41) is 35.4. The summed E-state index contributed by atoms with van der Waals surface area (Å²) in [5.41, 5.74) is 0.862. The molecule has 7 nitrogen and oxygen atoms in total. The number of piperidine rings is 1. The number of hydrogen-bond acceptors (Lipinski definition) is 7. The Morgan fingerprint density at radius 3 is 2.69 bits per heavy atom. The molecule has 1 aromatic heterocycles. The molecule has 0 bridgehead atoms. The Morgan fingerprint density at radius 2 is 2.00 bits per heavy atom. The number of aliphatic hydroxyl groups excluding tert-OH is 2. The molecule has 2 aliphatic carbocycles. The first-order valence-electron chi connectivity index (χ1n) is 13.3. The number of anilines is 2. The fourth-order valence-electron chi connectivity index (χ4n) is 6.97. The van der Waals surface area contributed by atoms with E-state index in [0.29, 0.717) is 18.8 Å². The number of aliphatic hydroxyl groups is 2. The quantitative estimate of drug-likeness (QED) is 0.464. The van der Waals surface area contributed by atoms with Crippen molar-refractivity contribution in [3.05, 3.63) is 34.8 Å². The van der Waals surface area contributed by atoms with Crippen LogP contribution in [0.15, 0.2) is 24.3 Å². The lowest BCUT2D eigenvalue weighted by atomic mass is 9.47. The third-order valence-corrected chi connectivity index (χ3v) is 10.5. The Kier molecular flexibility index (Phi) is 6.81. The van der Waals surface area contributed by atoms with Crippen LogP contribution in [0.25, 0.3) is 0 Å². The van der Waals surface area contributed by atoms with Crippen molar-refractivity contribution in [3.8, 4) is 5.75 Å². The summed E-state index contributed by atoms with van der Waals surface area (Å²) in [6.07, 6.45) is 4.07. The van der Waals surface area contributed by atoms with Gasteiger partial charge in [-0.15, -0.1) is 11.3 Å². The number of thiazole rings is 1. The summed E-state index contributed by atoms with van der Waals surface area (Å²) in [6, 6.07) is 6.97. The second-order valence-corrected chi connectivity index (χ2v) is 12.9. The maximum Gasteiger partial charge on any atom is 0.223 e. The van der Waals surface area contributed by atoms with Crippen molar-refractivity contribution in [2.45, 2.75) is 71.3 Å². The van der Waals surface area contributed by atoms with E-state index in [2.05, 4.69) is 19.2 Å². The normalized spacial score (nSPS) is 32.6. The molecule has 4 N–H and O–H groups in total. The molecule has 5 atom stereocenters. The van der Waals surface area contributed by atoms with Gasteiger partial charge in [0.1, 0.15) is 5.75 Å². The standard InChI is InChI=1S/C28H39N3O4S/c1-17-8-11-31(12-9-17)24(35)14-20-25-21(36-26(30-25)29-18-5-4-6-19(33)13-18)15-22-27(20,2)10-7-23(34)28(22,3)16-32/h4-6,13,17,20,22-23,32-34H,7-12,14-16H2,1-3H3,(H,29,30). The van der Waals surface area contributed by atoms with Gasteiger partial charge in [0.15, 0.2) is 5.13 Å². The van der Waals surface area contributed by atoms with Crippen molar-refractivity contribution in [2.24, 2.45) is 22.7 Å². The molecule has 36 heavy (non-hydrogen) atoms. The van der Waals surface area contributed by atoms with Crippen molar-refractivity contribution in [3.63, 3.8) is 0 Å². The van der Waals surface area contributed by atoms with Crippen LogP contribution in [0.1, 0.15) is 69.4 Å². The van der Waals surface area contributed by atoms with E-state index in [9.17, 15) is 20.1 Å². The number of carbonyl (C=O) groups excluding carboxylic acids is 1. The first-order valence-corrected chi connectivity index (χ1v) is 14.1. The molecule has 8 heteroatoms. The maximum absolute atomic E-state index is 13.6. The van der Waals surface area contributed by atoms with Crippen molar-refractivity contribution >= 4 is 28.1 Å². The van der Waals surface area contributed by atoms with E-state index in [4.69, 9.17) is 4.98 Å². The van der Waals surface area contributed by atoms with E-state index in [-0.39, 0.29) is 35.5 Å². The van der Waals surface area contributed by atoms with Crippen LogP contribution in [0, 0.1) is 22.7 Å². The minimum absolute atomic E-state index is 0.0412. The van der Waals surface area contributed by atoms with Gasteiger partial charge in [-0.25, -0.2) is 4.98 Å². The summed E-state index contributed by atoms with van der Waals surface area (Å²) in [5.74, 6) is 0.998. The SMILES string of the molecule is CC1CCN(C(=O)CC2c3nc(Nc4cccc(O)c4)sc3CC3C(C)(CO)C(O)CCC23C)CC1. The van der Waals surface area contributed by atoms with Gasteiger partial charge in [0.25, 0.3) is 0 Å². The highest BCUT2D eigenvalue weighted by molar-refractivity contribution is 7.15. The lowest BCUT2D eigenvalue weighted by Gasteiger charge is -2.58. The average molecular weight is 514 g/mol. The van der Waals surface area contributed by atoms with E-state index in [1.165, 1.54) is 0 Å². The zero-order chi connectivity index (χ0) is 25.7. The lowest BCUT2D eigenvalue weighted by molar-refractivity contribution is -0.147. The minimum Gasteiger partial charge on any atom is -0.508 e. The number of nitrogens with one attached hydrogen (secondary N) is 1. The Bertz CT molecular complexity index is 1110. The Morgan fingerprint density at radius 1 is 1.25 bits per heavy atom. The molecule has 1 aliphatic heterocycles. The molecule has 0 radical (unpaired) electrons. The van der Waals surface area contributed by atoms with E-state index < -0.39 is 11.5 Å².